The molecule has 2 aromatic rings. The summed E-state index contributed by atoms with van der Waals surface area (Å²) >= 11 is 0. The van der Waals surface area contributed by atoms with Crippen molar-refractivity contribution in [2.75, 3.05) is 20.2 Å². The maximum atomic E-state index is 11.8. The quantitative estimate of drug-likeness (QED) is 0.851. The van der Waals surface area contributed by atoms with Gasteiger partial charge in [-0.25, -0.2) is 0 Å². The van der Waals surface area contributed by atoms with Gasteiger partial charge in [0.2, 0.25) is 0 Å². The van der Waals surface area contributed by atoms with Gasteiger partial charge in [0.25, 0.3) is 5.91 Å². The highest BCUT2D eigenvalue weighted by Crippen LogP contribution is 2.19. The Morgan fingerprint density at radius 2 is 2.19 bits per heavy atom. The standard InChI is InChI=1S/C12H13NO3/c1-13(6-7-14)12(15)11-8-9-4-2-3-5-10(9)16-11/h2-5,8,14H,6-7H2,1H3. The van der Waals surface area contributed by atoms with Crippen molar-refractivity contribution in [3.8, 4) is 0 Å². The number of aliphatic hydroxyl groups is 1. The van der Waals surface area contributed by atoms with E-state index >= 15 is 0 Å². The van der Waals surface area contributed by atoms with E-state index in [1.807, 2.05) is 24.3 Å². The highest BCUT2D eigenvalue weighted by Gasteiger charge is 2.15. The number of aliphatic hydroxyl groups excluding tert-OH is 1. The Kier molecular flexibility index (Phi) is 2.92. The number of para-hydroxylation sites is 1. The molecule has 0 radical (unpaired) electrons. The number of hydrogen-bond acceptors (Lipinski definition) is 3. The predicted octanol–water partition coefficient (Wildman–Crippen LogP) is 1.50. The molecule has 1 aromatic carbocycles. The summed E-state index contributed by atoms with van der Waals surface area (Å²) in [6.07, 6.45) is 0. The average Bonchev–Trinajstić information content (AvgIpc) is 2.71. The molecule has 0 fully saturated rings. The molecule has 1 amide bonds. The fraction of sp³-hybridized carbons (Fsp3) is 0.250. The van der Waals surface area contributed by atoms with Crippen LogP contribution in [0.3, 0.4) is 0 Å². The van der Waals surface area contributed by atoms with Crippen molar-refractivity contribution in [3.63, 3.8) is 0 Å². The van der Waals surface area contributed by atoms with E-state index in [1.54, 1.807) is 13.1 Å². The minimum atomic E-state index is -0.217. The van der Waals surface area contributed by atoms with Crippen LogP contribution in [0.2, 0.25) is 0 Å². The Balaban J connectivity index is 2.29. The second-order valence-electron chi connectivity index (χ2n) is 3.60. The van der Waals surface area contributed by atoms with Crippen LogP contribution in [0.15, 0.2) is 34.7 Å². The molecular weight excluding hydrogens is 206 g/mol. The van der Waals surface area contributed by atoms with Crippen LogP contribution in [0.5, 0.6) is 0 Å². The first-order chi connectivity index (χ1) is 7.72. The zero-order valence-corrected chi connectivity index (χ0v) is 9.01. The van der Waals surface area contributed by atoms with E-state index in [4.69, 9.17) is 9.52 Å². The van der Waals surface area contributed by atoms with Gasteiger partial charge in [-0.2, -0.15) is 0 Å². The lowest BCUT2D eigenvalue weighted by molar-refractivity contribution is 0.0738. The monoisotopic (exact) mass is 219 g/mol. The number of carbonyl (C=O) groups excluding carboxylic acids is 1. The molecule has 0 aliphatic rings. The topological polar surface area (TPSA) is 53.7 Å². The summed E-state index contributed by atoms with van der Waals surface area (Å²) in [5.74, 6) is 0.0856. The molecule has 4 nitrogen and oxygen atoms in total. The largest absolute Gasteiger partial charge is 0.451 e. The molecule has 2 rings (SSSR count). The van der Waals surface area contributed by atoms with Gasteiger partial charge < -0.3 is 14.4 Å². The first kappa shape index (κ1) is 10.7. The van der Waals surface area contributed by atoms with E-state index < -0.39 is 0 Å². The summed E-state index contributed by atoms with van der Waals surface area (Å²) in [5.41, 5.74) is 0.697. The number of furan rings is 1. The van der Waals surface area contributed by atoms with Crippen LogP contribution in [-0.2, 0) is 0 Å². The maximum absolute atomic E-state index is 11.8. The molecule has 0 spiro atoms. The molecule has 1 aromatic heterocycles. The third-order valence-electron chi connectivity index (χ3n) is 2.42. The van der Waals surface area contributed by atoms with E-state index in [-0.39, 0.29) is 12.5 Å². The molecule has 0 aliphatic heterocycles. The number of carbonyl (C=O) groups is 1. The van der Waals surface area contributed by atoms with E-state index in [1.165, 1.54) is 4.90 Å². The number of fused-ring (bicyclic) bond motifs is 1. The number of hydrogen-bond donors (Lipinski definition) is 1. The molecule has 16 heavy (non-hydrogen) atoms. The van der Waals surface area contributed by atoms with Crippen molar-refractivity contribution in [1.82, 2.24) is 4.90 Å². The summed E-state index contributed by atoms with van der Waals surface area (Å²) in [4.78, 5) is 13.3. The Hall–Kier alpha value is -1.81. The Morgan fingerprint density at radius 1 is 1.44 bits per heavy atom. The lowest BCUT2D eigenvalue weighted by Crippen LogP contribution is -2.29. The minimum absolute atomic E-state index is 0.0531. The number of rotatable bonds is 3. The number of amides is 1. The van der Waals surface area contributed by atoms with Crippen molar-refractivity contribution in [2.45, 2.75) is 0 Å². The van der Waals surface area contributed by atoms with Crippen molar-refractivity contribution < 1.29 is 14.3 Å². The third-order valence-corrected chi connectivity index (χ3v) is 2.42. The van der Waals surface area contributed by atoms with Crippen molar-refractivity contribution in [1.29, 1.82) is 0 Å². The van der Waals surface area contributed by atoms with Crippen LogP contribution in [-0.4, -0.2) is 36.1 Å². The zero-order valence-electron chi connectivity index (χ0n) is 9.01. The van der Waals surface area contributed by atoms with Crippen molar-refractivity contribution in [2.24, 2.45) is 0 Å². The molecule has 1 heterocycles. The summed E-state index contributed by atoms with van der Waals surface area (Å²) in [7, 11) is 1.63. The minimum Gasteiger partial charge on any atom is -0.451 e. The summed E-state index contributed by atoms with van der Waals surface area (Å²) in [6, 6.07) is 9.17. The fourth-order valence-electron chi connectivity index (χ4n) is 1.53. The van der Waals surface area contributed by atoms with Gasteiger partial charge in [0, 0.05) is 19.0 Å². The highest BCUT2D eigenvalue weighted by atomic mass is 16.3. The number of benzene rings is 1. The first-order valence-corrected chi connectivity index (χ1v) is 5.07. The lowest BCUT2D eigenvalue weighted by atomic mass is 10.2. The molecule has 0 unspecified atom stereocenters. The highest BCUT2D eigenvalue weighted by molar-refractivity contribution is 5.95. The number of likely N-dealkylation sites (N-methyl/N-ethyl adjacent to an activating group) is 1. The van der Waals surface area contributed by atoms with Crippen LogP contribution < -0.4 is 0 Å². The molecule has 84 valence electrons. The van der Waals surface area contributed by atoms with E-state index in [2.05, 4.69) is 0 Å². The van der Waals surface area contributed by atoms with Gasteiger partial charge in [-0.05, 0) is 12.1 Å². The van der Waals surface area contributed by atoms with Gasteiger partial charge in [0.15, 0.2) is 5.76 Å². The molecule has 0 bridgehead atoms. The van der Waals surface area contributed by atoms with Crippen LogP contribution in [0.1, 0.15) is 10.6 Å². The van der Waals surface area contributed by atoms with Gasteiger partial charge in [-0.15, -0.1) is 0 Å². The van der Waals surface area contributed by atoms with Gasteiger partial charge >= 0.3 is 0 Å². The molecule has 0 atom stereocenters. The van der Waals surface area contributed by atoms with Gasteiger partial charge in [0.05, 0.1) is 6.61 Å². The smallest absolute Gasteiger partial charge is 0.289 e. The Labute approximate surface area is 93.1 Å². The summed E-state index contributed by atoms with van der Waals surface area (Å²) in [6.45, 7) is 0.248. The normalized spacial score (nSPS) is 10.6. The molecule has 1 N–H and O–H groups in total. The second-order valence-corrected chi connectivity index (χ2v) is 3.60. The predicted molar refractivity (Wildman–Crippen MR) is 60.3 cm³/mol. The first-order valence-electron chi connectivity index (χ1n) is 5.07. The molecule has 0 saturated heterocycles. The summed E-state index contributed by atoms with van der Waals surface area (Å²) < 4.78 is 5.42. The molecular formula is C12H13NO3. The van der Waals surface area contributed by atoms with Crippen LogP contribution in [0.25, 0.3) is 11.0 Å². The van der Waals surface area contributed by atoms with Gasteiger partial charge in [0.1, 0.15) is 5.58 Å². The third kappa shape index (κ3) is 1.92. The van der Waals surface area contributed by atoms with Crippen molar-refractivity contribution in [3.05, 3.63) is 36.1 Å². The second kappa shape index (κ2) is 4.37. The van der Waals surface area contributed by atoms with Gasteiger partial charge in [-0.3, -0.25) is 4.79 Å². The van der Waals surface area contributed by atoms with Crippen LogP contribution in [0, 0.1) is 0 Å². The fourth-order valence-corrected chi connectivity index (χ4v) is 1.53. The maximum Gasteiger partial charge on any atom is 0.289 e. The lowest BCUT2D eigenvalue weighted by Gasteiger charge is -2.13. The summed E-state index contributed by atoms with van der Waals surface area (Å²) in [5, 5.41) is 9.65. The van der Waals surface area contributed by atoms with E-state index in [0.29, 0.717) is 17.9 Å². The van der Waals surface area contributed by atoms with Gasteiger partial charge in [-0.1, -0.05) is 18.2 Å². The SMILES string of the molecule is CN(CCO)C(=O)c1cc2ccccc2o1. The van der Waals surface area contributed by atoms with Crippen LogP contribution >= 0.6 is 0 Å². The molecule has 4 heteroatoms. The van der Waals surface area contributed by atoms with E-state index in [9.17, 15) is 4.79 Å². The number of nitrogens with zero attached hydrogens (tertiary/aromatic N) is 1. The Morgan fingerprint density at radius 3 is 2.88 bits per heavy atom. The molecule has 0 aliphatic carbocycles. The Bertz CT molecular complexity index is 471. The van der Waals surface area contributed by atoms with Crippen LogP contribution in [0.4, 0.5) is 0 Å². The molecule has 0 saturated carbocycles. The van der Waals surface area contributed by atoms with E-state index in [0.717, 1.165) is 5.39 Å². The van der Waals surface area contributed by atoms with Crippen molar-refractivity contribution >= 4 is 16.9 Å². The average molecular weight is 219 g/mol. The zero-order chi connectivity index (χ0) is 11.5.